The average molecular weight is 422 g/mol. The van der Waals surface area contributed by atoms with Gasteiger partial charge in [0.1, 0.15) is 28.6 Å². The number of hydrogen-bond acceptors (Lipinski definition) is 7. The Bertz CT molecular complexity index is 1240. The minimum atomic E-state index is -0.462. The van der Waals surface area contributed by atoms with Crippen LogP contribution in [0, 0.1) is 5.82 Å². The molecule has 0 amide bonds. The van der Waals surface area contributed by atoms with Gasteiger partial charge in [-0.15, -0.1) is 0 Å². The van der Waals surface area contributed by atoms with Crippen LogP contribution in [0.1, 0.15) is 28.2 Å². The monoisotopic (exact) mass is 422 g/mol. The van der Waals surface area contributed by atoms with Crippen LogP contribution in [0.3, 0.4) is 0 Å². The normalized spacial score (nSPS) is 11.2. The van der Waals surface area contributed by atoms with E-state index in [4.69, 9.17) is 9.72 Å². The zero-order valence-corrected chi connectivity index (χ0v) is 17.3. The molecule has 0 aliphatic carbocycles. The van der Waals surface area contributed by atoms with Crippen molar-refractivity contribution in [2.24, 2.45) is 0 Å². The summed E-state index contributed by atoms with van der Waals surface area (Å²) in [6.07, 6.45) is 2.77. The molecule has 4 aromatic rings. The summed E-state index contributed by atoms with van der Waals surface area (Å²) in [6.45, 7) is 1.57. The zero-order valence-electron chi connectivity index (χ0n) is 17.3. The lowest BCUT2D eigenvalue weighted by Gasteiger charge is -2.09. The van der Waals surface area contributed by atoms with Gasteiger partial charge in [0.25, 0.3) is 0 Å². The fraction of sp³-hybridized carbons (Fsp3) is 0.273. The third kappa shape index (κ3) is 4.46. The molecule has 31 heavy (non-hydrogen) atoms. The van der Waals surface area contributed by atoms with Gasteiger partial charge in [-0.3, -0.25) is 4.98 Å². The van der Waals surface area contributed by atoms with Gasteiger partial charge in [0.2, 0.25) is 0 Å². The summed E-state index contributed by atoms with van der Waals surface area (Å²) >= 11 is 0. The Labute approximate surface area is 178 Å². The van der Waals surface area contributed by atoms with E-state index in [1.54, 1.807) is 12.1 Å². The molecule has 0 fully saturated rings. The van der Waals surface area contributed by atoms with E-state index in [2.05, 4.69) is 25.6 Å². The number of fused-ring (bicyclic) bond motifs is 3. The van der Waals surface area contributed by atoms with Crippen molar-refractivity contribution in [3.8, 4) is 0 Å². The fourth-order valence-corrected chi connectivity index (χ4v) is 3.45. The number of anilines is 1. The molecule has 3 N–H and O–H groups in total. The number of benzene rings is 1. The fourth-order valence-electron chi connectivity index (χ4n) is 3.45. The number of carbonyl (C=O) groups is 1. The van der Waals surface area contributed by atoms with E-state index in [1.165, 1.54) is 25.4 Å². The Hall–Kier alpha value is -3.59. The molecular weight excluding hydrogens is 399 g/mol. The molecule has 0 radical (unpaired) electrons. The first-order valence-corrected chi connectivity index (χ1v) is 9.98. The zero-order chi connectivity index (χ0) is 21.8. The molecule has 3 heterocycles. The van der Waals surface area contributed by atoms with E-state index >= 15 is 0 Å². The molecule has 0 saturated heterocycles. The molecule has 0 aliphatic rings. The van der Waals surface area contributed by atoms with Gasteiger partial charge in [0.15, 0.2) is 0 Å². The van der Waals surface area contributed by atoms with Gasteiger partial charge in [-0.25, -0.2) is 19.2 Å². The van der Waals surface area contributed by atoms with Gasteiger partial charge in [0.05, 0.1) is 23.6 Å². The minimum absolute atomic E-state index is 0.297. The van der Waals surface area contributed by atoms with Crippen molar-refractivity contribution in [1.82, 2.24) is 25.3 Å². The molecule has 4 rings (SSSR count). The smallest absolute Gasteiger partial charge is 0.339 e. The van der Waals surface area contributed by atoms with E-state index in [1.807, 2.05) is 13.1 Å². The van der Waals surface area contributed by atoms with Crippen LogP contribution in [0.15, 0.2) is 36.5 Å². The number of methoxy groups -OCH3 is 1. The summed E-state index contributed by atoms with van der Waals surface area (Å²) in [5.41, 5.74) is 3.05. The second-order valence-corrected chi connectivity index (χ2v) is 7.14. The van der Waals surface area contributed by atoms with Gasteiger partial charge in [-0.2, -0.15) is 0 Å². The van der Waals surface area contributed by atoms with E-state index in [9.17, 15) is 9.18 Å². The Balaban J connectivity index is 1.78. The van der Waals surface area contributed by atoms with Crippen LogP contribution in [0.5, 0.6) is 0 Å². The number of pyridine rings is 1. The van der Waals surface area contributed by atoms with Crippen molar-refractivity contribution in [3.63, 3.8) is 0 Å². The minimum Gasteiger partial charge on any atom is -0.465 e. The van der Waals surface area contributed by atoms with Crippen LogP contribution < -0.4 is 10.6 Å². The summed E-state index contributed by atoms with van der Waals surface area (Å²) in [6, 6.07) is 8.08. The lowest BCUT2D eigenvalue weighted by atomic mass is 10.1. The summed E-state index contributed by atoms with van der Waals surface area (Å²) in [5, 5.41) is 7.24. The van der Waals surface area contributed by atoms with Crippen LogP contribution in [-0.2, 0) is 11.2 Å². The number of nitrogens with zero attached hydrogens (tertiary/aromatic N) is 3. The topological polar surface area (TPSA) is 105 Å². The first-order valence-electron chi connectivity index (χ1n) is 9.98. The van der Waals surface area contributed by atoms with Crippen LogP contribution in [0.2, 0.25) is 0 Å². The molecule has 0 unspecified atom stereocenters. The quantitative estimate of drug-likeness (QED) is 0.296. The van der Waals surface area contributed by atoms with Gasteiger partial charge >= 0.3 is 5.97 Å². The molecular formula is C22H23FN6O2. The standard InChI is InChI=1S/C22H23FN6O2/c1-24-7-4-8-25-20-18-19-16(11-14(12-26-19)22(30)31-2)27-21(18)29-17(28-20)10-13-5-3-6-15(23)9-13/h3,5-6,9,11-12,24H,4,7-8,10H2,1-2H3,(H2,25,27,28,29). The highest BCUT2D eigenvalue weighted by Crippen LogP contribution is 2.29. The van der Waals surface area contributed by atoms with Gasteiger partial charge in [0, 0.05) is 19.2 Å². The summed E-state index contributed by atoms with van der Waals surface area (Å²) in [4.78, 5) is 28.9. The maximum atomic E-state index is 13.6. The molecule has 1 aromatic carbocycles. The van der Waals surface area contributed by atoms with Crippen molar-refractivity contribution in [3.05, 3.63) is 59.3 Å². The van der Waals surface area contributed by atoms with Crippen molar-refractivity contribution in [1.29, 1.82) is 0 Å². The highest BCUT2D eigenvalue weighted by atomic mass is 19.1. The largest absolute Gasteiger partial charge is 0.465 e. The number of aromatic amines is 1. The number of esters is 1. The first-order chi connectivity index (χ1) is 15.1. The molecule has 9 heteroatoms. The number of nitrogens with one attached hydrogen (secondary N) is 3. The summed E-state index contributed by atoms with van der Waals surface area (Å²) in [7, 11) is 3.23. The third-order valence-corrected chi connectivity index (χ3v) is 4.90. The molecule has 0 bridgehead atoms. The third-order valence-electron chi connectivity index (χ3n) is 4.90. The second-order valence-electron chi connectivity index (χ2n) is 7.14. The number of carbonyl (C=O) groups excluding carboxylic acids is 1. The van der Waals surface area contributed by atoms with Gasteiger partial charge in [-0.1, -0.05) is 12.1 Å². The van der Waals surface area contributed by atoms with Gasteiger partial charge < -0.3 is 20.4 Å². The number of hydrogen-bond donors (Lipinski definition) is 3. The van der Waals surface area contributed by atoms with E-state index < -0.39 is 5.97 Å². The van der Waals surface area contributed by atoms with E-state index in [0.717, 1.165) is 23.9 Å². The summed E-state index contributed by atoms with van der Waals surface area (Å²) in [5.74, 6) is 0.441. The lowest BCUT2D eigenvalue weighted by Crippen LogP contribution is -2.14. The molecule has 0 saturated carbocycles. The molecule has 0 atom stereocenters. The maximum Gasteiger partial charge on any atom is 0.339 e. The Morgan fingerprint density at radius 1 is 1.23 bits per heavy atom. The predicted octanol–water partition coefficient (Wildman–Crippen LogP) is 3.04. The van der Waals surface area contributed by atoms with E-state index in [0.29, 0.717) is 46.9 Å². The Morgan fingerprint density at radius 2 is 2.10 bits per heavy atom. The highest BCUT2D eigenvalue weighted by Gasteiger charge is 2.17. The molecule has 0 spiro atoms. The average Bonchev–Trinajstić information content (AvgIpc) is 3.13. The van der Waals surface area contributed by atoms with Crippen LogP contribution in [0.4, 0.5) is 10.2 Å². The van der Waals surface area contributed by atoms with Crippen LogP contribution >= 0.6 is 0 Å². The summed E-state index contributed by atoms with van der Waals surface area (Å²) < 4.78 is 18.4. The Kier molecular flexibility index (Phi) is 6.03. The maximum absolute atomic E-state index is 13.6. The Morgan fingerprint density at radius 3 is 2.87 bits per heavy atom. The number of rotatable bonds is 8. The number of halogens is 1. The van der Waals surface area contributed by atoms with Gasteiger partial charge in [-0.05, 0) is 43.8 Å². The molecule has 0 aliphatic heterocycles. The van der Waals surface area contributed by atoms with Crippen molar-refractivity contribution < 1.29 is 13.9 Å². The molecule has 8 nitrogen and oxygen atoms in total. The molecule has 3 aromatic heterocycles. The second kappa shape index (κ2) is 9.05. The van der Waals surface area contributed by atoms with Crippen molar-refractivity contribution in [2.75, 3.05) is 32.6 Å². The number of H-pyrrole nitrogens is 1. The number of ether oxygens (including phenoxy) is 1. The van der Waals surface area contributed by atoms with Crippen molar-refractivity contribution >= 4 is 33.9 Å². The lowest BCUT2D eigenvalue weighted by molar-refractivity contribution is 0.0600. The highest BCUT2D eigenvalue weighted by molar-refractivity contribution is 6.10. The van der Waals surface area contributed by atoms with Crippen molar-refractivity contribution in [2.45, 2.75) is 12.8 Å². The predicted molar refractivity (Wildman–Crippen MR) is 117 cm³/mol. The van der Waals surface area contributed by atoms with Crippen LogP contribution in [-0.4, -0.2) is 53.2 Å². The van der Waals surface area contributed by atoms with Crippen LogP contribution in [0.25, 0.3) is 22.1 Å². The van der Waals surface area contributed by atoms with E-state index in [-0.39, 0.29) is 5.82 Å². The number of aromatic nitrogens is 4. The first kappa shape index (κ1) is 20.7. The molecule has 160 valence electrons. The SMILES string of the molecule is CNCCCNc1nc(Cc2cccc(F)c2)nc2[nH]c3cc(C(=O)OC)cnc3c12.